The molecule has 0 unspecified atom stereocenters. The minimum atomic E-state index is -0.600. The van der Waals surface area contributed by atoms with Crippen molar-refractivity contribution < 1.29 is 38.0 Å². The van der Waals surface area contributed by atoms with Crippen LogP contribution in [0.2, 0.25) is 0 Å². The van der Waals surface area contributed by atoms with Gasteiger partial charge in [0.25, 0.3) is 0 Å². The van der Waals surface area contributed by atoms with Crippen molar-refractivity contribution in [1.29, 1.82) is 0 Å². The Labute approximate surface area is 195 Å². The van der Waals surface area contributed by atoms with Gasteiger partial charge in [0.2, 0.25) is 12.6 Å². The van der Waals surface area contributed by atoms with Crippen LogP contribution in [-0.4, -0.2) is 32.8 Å². The Morgan fingerprint density at radius 3 is 2.35 bits per heavy atom. The van der Waals surface area contributed by atoms with E-state index in [0.29, 0.717) is 39.9 Å². The van der Waals surface area contributed by atoms with Gasteiger partial charge in [0.05, 0.1) is 25.3 Å². The summed E-state index contributed by atoms with van der Waals surface area (Å²) in [6.07, 6.45) is 1.64. The lowest BCUT2D eigenvalue weighted by atomic mass is 10.0. The smallest absolute Gasteiger partial charge is 0.343 e. The molecule has 2 aliphatic rings. The van der Waals surface area contributed by atoms with Gasteiger partial charge in [-0.05, 0) is 54.5 Å². The molecule has 0 saturated carbocycles. The molecule has 0 spiro atoms. The van der Waals surface area contributed by atoms with Crippen molar-refractivity contribution in [3.8, 4) is 34.5 Å². The molecule has 0 radical (unpaired) electrons. The molecule has 3 aromatic rings. The molecule has 8 heteroatoms. The molecule has 0 amide bonds. The standard InChI is InChI=1S/C26H20O8/c1-14-6-19(33-26(28)16-9-17(29-2)11-18(10-16)30-3)12-22-24(14)25(27)23(34-22)8-15-4-5-20-21(7-15)32-13-31-20/h4-12H,13H2,1-3H3/b23-8-. The van der Waals surface area contributed by atoms with Crippen molar-refractivity contribution in [1.82, 2.24) is 0 Å². The normalized spacial score (nSPS) is 14.6. The number of carbonyl (C=O) groups excluding carboxylic acids is 2. The van der Waals surface area contributed by atoms with Gasteiger partial charge < -0.3 is 28.4 Å². The highest BCUT2D eigenvalue weighted by Crippen LogP contribution is 2.39. The molecular weight excluding hydrogens is 440 g/mol. The summed E-state index contributed by atoms with van der Waals surface area (Å²) < 4.78 is 32.5. The van der Waals surface area contributed by atoms with Crippen LogP contribution < -0.4 is 28.4 Å². The number of carbonyl (C=O) groups is 2. The molecular formula is C26H20O8. The summed E-state index contributed by atoms with van der Waals surface area (Å²) in [5.41, 5.74) is 2.05. The molecule has 2 aliphatic heterocycles. The van der Waals surface area contributed by atoms with E-state index in [-0.39, 0.29) is 29.6 Å². The number of fused-ring (bicyclic) bond motifs is 2. The quantitative estimate of drug-likeness (QED) is 0.311. The summed E-state index contributed by atoms with van der Waals surface area (Å²) in [6, 6.07) is 13.3. The summed E-state index contributed by atoms with van der Waals surface area (Å²) in [4.78, 5) is 25.7. The molecule has 5 rings (SSSR count). The van der Waals surface area contributed by atoms with E-state index >= 15 is 0 Å². The van der Waals surface area contributed by atoms with Crippen LogP contribution in [0.5, 0.6) is 34.5 Å². The fourth-order valence-electron chi connectivity index (χ4n) is 3.78. The van der Waals surface area contributed by atoms with Crippen LogP contribution >= 0.6 is 0 Å². The number of hydrogen-bond acceptors (Lipinski definition) is 8. The molecule has 0 aromatic heterocycles. The average molecular weight is 460 g/mol. The van der Waals surface area contributed by atoms with E-state index < -0.39 is 5.97 Å². The number of aryl methyl sites for hydroxylation is 1. The lowest BCUT2D eigenvalue weighted by Gasteiger charge is -2.10. The first-order chi connectivity index (χ1) is 16.4. The van der Waals surface area contributed by atoms with Gasteiger partial charge in [0, 0.05) is 12.1 Å². The average Bonchev–Trinajstić information content (AvgIpc) is 3.42. The topological polar surface area (TPSA) is 89.5 Å². The molecule has 0 aliphatic carbocycles. The summed E-state index contributed by atoms with van der Waals surface area (Å²) in [5.74, 6) is 2.07. The second kappa shape index (κ2) is 8.47. The van der Waals surface area contributed by atoms with Crippen molar-refractivity contribution in [2.75, 3.05) is 21.0 Å². The Morgan fingerprint density at radius 2 is 1.62 bits per heavy atom. The molecule has 0 saturated heterocycles. The predicted molar refractivity (Wildman–Crippen MR) is 121 cm³/mol. The Morgan fingerprint density at radius 1 is 0.882 bits per heavy atom. The van der Waals surface area contributed by atoms with Crippen LogP contribution in [0, 0.1) is 6.92 Å². The van der Waals surface area contributed by atoms with Crippen LogP contribution in [0.1, 0.15) is 31.8 Å². The first-order valence-corrected chi connectivity index (χ1v) is 10.4. The number of benzene rings is 3. The van der Waals surface area contributed by atoms with E-state index in [1.807, 2.05) is 6.07 Å². The maximum absolute atomic E-state index is 13.0. The maximum atomic E-state index is 13.0. The van der Waals surface area contributed by atoms with Crippen molar-refractivity contribution >= 4 is 17.8 Å². The van der Waals surface area contributed by atoms with Crippen LogP contribution in [0.4, 0.5) is 0 Å². The second-order valence-corrected chi connectivity index (χ2v) is 7.66. The van der Waals surface area contributed by atoms with E-state index in [4.69, 9.17) is 28.4 Å². The van der Waals surface area contributed by atoms with Gasteiger partial charge in [-0.15, -0.1) is 0 Å². The zero-order valence-corrected chi connectivity index (χ0v) is 18.7. The maximum Gasteiger partial charge on any atom is 0.343 e. The summed E-state index contributed by atoms with van der Waals surface area (Å²) in [7, 11) is 2.99. The van der Waals surface area contributed by atoms with E-state index in [0.717, 1.165) is 5.56 Å². The van der Waals surface area contributed by atoms with Gasteiger partial charge in [-0.25, -0.2) is 4.79 Å². The van der Waals surface area contributed by atoms with Crippen LogP contribution in [0.3, 0.4) is 0 Å². The van der Waals surface area contributed by atoms with Gasteiger partial charge in [-0.2, -0.15) is 0 Å². The number of rotatable bonds is 5. The molecule has 3 aromatic carbocycles. The Hall–Kier alpha value is -4.46. The minimum Gasteiger partial charge on any atom is -0.497 e. The molecule has 2 heterocycles. The third-order valence-corrected chi connectivity index (χ3v) is 5.44. The third-order valence-electron chi connectivity index (χ3n) is 5.44. The van der Waals surface area contributed by atoms with Crippen LogP contribution in [0.15, 0.2) is 54.3 Å². The Kier molecular flexibility index (Phi) is 5.33. The summed E-state index contributed by atoms with van der Waals surface area (Å²) >= 11 is 0. The van der Waals surface area contributed by atoms with E-state index in [2.05, 4.69) is 0 Å². The molecule has 0 fully saturated rings. The molecule has 34 heavy (non-hydrogen) atoms. The van der Waals surface area contributed by atoms with E-state index in [9.17, 15) is 9.59 Å². The van der Waals surface area contributed by atoms with E-state index in [1.54, 1.807) is 49.4 Å². The first kappa shape index (κ1) is 21.4. The lowest BCUT2D eigenvalue weighted by Crippen LogP contribution is -2.09. The molecule has 172 valence electrons. The SMILES string of the molecule is COc1cc(OC)cc(C(=O)Oc2cc(C)c3c(c2)O/C(=C\c2ccc4c(c2)OCO4)C3=O)c1. The molecule has 0 atom stereocenters. The fourth-order valence-corrected chi connectivity index (χ4v) is 3.78. The number of methoxy groups -OCH3 is 2. The second-order valence-electron chi connectivity index (χ2n) is 7.66. The van der Waals surface area contributed by atoms with Gasteiger partial charge in [0.15, 0.2) is 17.3 Å². The zero-order chi connectivity index (χ0) is 23.8. The Bertz CT molecular complexity index is 1330. The number of esters is 1. The van der Waals surface area contributed by atoms with Gasteiger partial charge in [-0.1, -0.05) is 6.07 Å². The number of allylic oxidation sites excluding steroid dienone is 1. The van der Waals surface area contributed by atoms with Crippen molar-refractivity contribution in [3.05, 3.63) is 76.5 Å². The lowest BCUT2D eigenvalue weighted by molar-refractivity contribution is 0.0733. The monoisotopic (exact) mass is 460 g/mol. The number of ether oxygens (including phenoxy) is 6. The largest absolute Gasteiger partial charge is 0.497 e. The zero-order valence-electron chi connectivity index (χ0n) is 18.7. The number of hydrogen-bond donors (Lipinski definition) is 0. The van der Waals surface area contributed by atoms with Gasteiger partial charge in [0.1, 0.15) is 23.0 Å². The van der Waals surface area contributed by atoms with Crippen molar-refractivity contribution in [2.45, 2.75) is 6.92 Å². The molecule has 0 N–H and O–H groups in total. The van der Waals surface area contributed by atoms with Gasteiger partial charge in [-0.3, -0.25) is 4.79 Å². The van der Waals surface area contributed by atoms with Crippen LogP contribution in [-0.2, 0) is 0 Å². The summed E-state index contributed by atoms with van der Waals surface area (Å²) in [6.45, 7) is 1.93. The Balaban J connectivity index is 1.40. The van der Waals surface area contributed by atoms with E-state index in [1.165, 1.54) is 20.3 Å². The molecule has 8 nitrogen and oxygen atoms in total. The minimum absolute atomic E-state index is 0.165. The highest BCUT2D eigenvalue weighted by Gasteiger charge is 2.30. The van der Waals surface area contributed by atoms with Crippen molar-refractivity contribution in [2.24, 2.45) is 0 Å². The number of ketones is 1. The highest BCUT2D eigenvalue weighted by molar-refractivity contribution is 6.15. The molecule has 0 bridgehead atoms. The third kappa shape index (κ3) is 3.90. The fraction of sp³-hybridized carbons (Fsp3) is 0.154. The highest BCUT2D eigenvalue weighted by atomic mass is 16.7. The number of Topliss-reactive ketones (excluding diaryl/α,β-unsaturated/α-hetero) is 1. The van der Waals surface area contributed by atoms with Crippen LogP contribution in [0.25, 0.3) is 6.08 Å². The predicted octanol–water partition coefficient (Wildman–Crippen LogP) is 4.58. The van der Waals surface area contributed by atoms with Crippen molar-refractivity contribution in [3.63, 3.8) is 0 Å². The van der Waals surface area contributed by atoms with Gasteiger partial charge >= 0.3 is 5.97 Å². The first-order valence-electron chi connectivity index (χ1n) is 10.4. The summed E-state index contributed by atoms with van der Waals surface area (Å²) in [5, 5.41) is 0.